The van der Waals surface area contributed by atoms with Crippen LogP contribution < -0.4 is 29.6 Å². The highest BCUT2D eigenvalue weighted by Crippen LogP contribution is 2.54. The summed E-state index contributed by atoms with van der Waals surface area (Å²) in [6.07, 6.45) is -7.52. The number of halogens is 2. The number of carbonyl (C=O) groups excluding carboxylic acids is 2. The van der Waals surface area contributed by atoms with Crippen molar-refractivity contribution in [3.63, 3.8) is 0 Å². The Balaban J connectivity index is 0.964. The predicted octanol–water partition coefficient (Wildman–Crippen LogP) is 13.3. The molecule has 0 aliphatic carbocycles. The smallest absolute Gasteiger partial charge is 0.256 e. The molecule has 0 saturated carbocycles. The predicted molar refractivity (Wildman–Crippen MR) is 374 cm³/mol. The van der Waals surface area contributed by atoms with Gasteiger partial charge in [-0.05, 0) is 113 Å². The van der Waals surface area contributed by atoms with Crippen molar-refractivity contribution in [2.75, 3.05) is 45.7 Å². The van der Waals surface area contributed by atoms with E-state index in [4.69, 9.17) is 37.9 Å². The van der Waals surface area contributed by atoms with Gasteiger partial charge in [0.25, 0.3) is 11.8 Å². The number of imidazole rings is 2. The second kappa shape index (κ2) is 29.2. The first-order valence-electron chi connectivity index (χ1n) is 32.8. The molecule has 0 bridgehead atoms. The van der Waals surface area contributed by atoms with Gasteiger partial charge < -0.3 is 48.5 Å². The minimum absolute atomic E-state index is 0.0174. The van der Waals surface area contributed by atoms with Crippen molar-refractivity contribution in [1.82, 2.24) is 39.0 Å². The van der Waals surface area contributed by atoms with Gasteiger partial charge in [0.05, 0.1) is 71.9 Å². The van der Waals surface area contributed by atoms with Gasteiger partial charge in [0.1, 0.15) is 53.0 Å². The lowest BCUT2D eigenvalue weighted by atomic mass is 9.73. The first-order valence-corrected chi connectivity index (χ1v) is 32.8. The molecule has 4 aromatic heterocycles. The van der Waals surface area contributed by atoms with Gasteiger partial charge >= 0.3 is 0 Å². The summed E-state index contributed by atoms with van der Waals surface area (Å²) in [7, 11) is 6.23. The quantitative estimate of drug-likeness (QED) is 0.0534. The molecule has 2 saturated heterocycles. The first-order chi connectivity index (χ1) is 49.9. The lowest BCUT2D eigenvalue weighted by Gasteiger charge is -2.42. The Morgan fingerprint density at radius 1 is 0.510 bits per heavy atom. The topological polar surface area (TPSA) is 243 Å². The summed E-state index contributed by atoms with van der Waals surface area (Å²) < 4.78 is 95.1. The number of hydrogen-bond acceptors (Lipinski definition) is 17. The van der Waals surface area contributed by atoms with E-state index in [1.165, 1.54) is 34.4 Å². The molecule has 2 aliphatic rings. The van der Waals surface area contributed by atoms with E-state index in [0.29, 0.717) is 67.5 Å². The molecule has 2 aliphatic heterocycles. The minimum Gasteiger partial charge on any atom is -0.497 e. The fourth-order valence-electron chi connectivity index (χ4n) is 14.0. The third-order valence-corrected chi connectivity index (χ3v) is 19.0. The van der Waals surface area contributed by atoms with Crippen LogP contribution in [0.5, 0.6) is 23.0 Å². The Kier molecular flexibility index (Phi) is 19.3. The summed E-state index contributed by atoms with van der Waals surface area (Å²) >= 11 is 0. The summed E-state index contributed by atoms with van der Waals surface area (Å²) in [6.45, 7) is 4.04. The van der Waals surface area contributed by atoms with Crippen molar-refractivity contribution in [2.24, 2.45) is 17.8 Å². The number of ether oxygens (including phenoxy) is 8. The fraction of sp³-hybridized carbons (Fsp3) is 0.215. The Morgan fingerprint density at radius 2 is 0.882 bits per heavy atom. The number of aromatic nitrogens is 8. The largest absolute Gasteiger partial charge is 0.497 e. The molecular weight excluding hydrogens is 1300 g/mol. The molecule has 23 heteroatoms. The number of amides is 2. The van der Waals surface area contributed by atoms with Gasteiger partial charge in [-0.25, -0.2) is 38.7 Å². The van der Waals surface area contributed by atoms with Crippen molar-refractivity contribution in [3.8, 4) is 29.1 Å². The van der Waals surface area contributed by atoms with Crippen LogP contribution in [0.25, 0.3) is 22.3 Å². The number of fused-ring (bicyclic) bond motifs is 2. The number of hydrogen-bond donors (Lipinski definition) is 2. The van der Waals surface area contributed by atoms with Gasteiger partial charge in [-0.3, -0.25) is 18.7 Å². The van der Waals surface area contributed by atoms with Gasteiger partial charge in [0.2, 0.25) is 0 Å². The zero-order chi connectivity index (χ0) is 70.5. The molecule has 0 spiro atoms. The number of nitriles is 1. The summed E-state index contributed by atoms with van der Waals surface area (Å²) in [5, 5.41) is 17.4. The summed E-state index contributed by atoms with van der Waals surface area (Å²) in [6, 6.07) is 67.2. The molecule has 513 valence electrons. The lowest BCUT2D eigenvalue weighted by Crippen LogP contribution is -2.50. The van der Waals surface area contributed by atoms with Crippen LogP contribution in [0, 0.1) is 36.0 Å². The van der Waals surface area contributed by atoms with Gasteiger partial charge in [-0.15, -0.1) is 0 Å². The number of benzene rings is 8. The SMILES string of the molecule is [CH2]C(C#N)C([C@H]1[C@@H](F)[C@H](n2cnc3c(NC(=O)c4ccccc4)ncnc32)O[C@H]1COC(c1ccccc1)(c1ccc(OC)cc1)c1ccc(OC)cc1)[C@H]1O[C@@H](n2cnc3c(NC(=O)c4ccccc4)ncnc32)[C@H](F)[C@@H]1OC(c1ccccc1)(c1ccc(OC)cc1)c1ccc(OC)cc1. The third-order valence-electron chi connectivity index (χ3n) is 19.0. The molecule has 21 nitrogen and oxygen atoms in total. The Labute approximate surface area is 585 Å². The lowest BCUT2D eigenvalue weighted by molar-refractivity contribution is -0.133. The van der Waals surface area contributed by atoms with E-state index in [9.17, 15) is 14.9 Å². The molecule has 2 fully saturated rings. The monoisotopic (exact) mass is 1370 g/mol. The molecule has 2 unspecified atom stereocenters. The molecule has 10 atom stereocenters. The van der Waals surface area contributed by atoms with Crippen LogP contribution in [0.1, 0.15) is 66.6 Å². The van der Waals surface area contributed by atoms with Crippen molar-refractivity contribution >= 4 is 45.8 Å². The van der Waals surface area contributed by atoms with Crippen LogP contribution in [0.2, 0.25) is 0 Å². The maximum atomic E-state index is 19.8. The second-order valence-electron chi connectivity index (χ2n) is 24.5. The molecule has 102 heavy (non-hydrogen) atoms. The van der Waals surface area contributed by atoms with E-state index >= 15 is 8.78 Å². The van der Waals surface area contributed by atoms with Gasteiger partial charge in [0, 0.05) is 23.0 Å². The Morgan fingerprint density at radius 3 is 1.28 bits per heavy atom. The number of anilines is 2. The molecule has 6 heterocycles. The van der Waals surface area contributed by atoms with E-state index in [1.54, 1.807) is 113 Å². The molecule has 14 rings (SSSR count). The molecule has 1 radical (unpaired) electrons. The number of alkyl halides is 2. The first kappa shape index (κ1) is 67.4. The number of rotatable bonds is 24. The highest BCUT2D eigenvalue weighted by Gasteiger charge is 2.61. The van der Waals surface area contributed by atoms with E-state index in [0.717, 1.165) is 0 Å². The van der Waals surface area contributed by atoms with Crippen LogP contribution in [-0.4, -0.2) is 117 Å². The van der Waals surface area contributed by atoms with Crippen LogP contribution in [-0.2, 0) is 30.1 Å². The molecule has 8 aromatic carbocycles. The Hall–Kier alpha value is -11.8. The third kappa shape index (κ3) is 12.5. The zero-order valence-corrected chi connectivity index (χ0v) is 55.6. The van der Waals surface area contributed by atoms with E-state index in [1.807, 2.05) is 133 Å². The van der Waals surface area contributed by atoms with Crippen LogP contribution in [0.15, 0.2) is 244 Å². The molecule has 2 amide bonds. The Bertz CT molecular complexity index is 4830. The van der Waals surface area contributed by atoms with Crippen molar-refractivity contribution in [3.05, 3.63) is 295 Å². The highest BCUT2D eigenvalue weighted by atomic mass is 19.1. The highest BCUT2D eigenvalue weighted by molar-refractivity contribution is 6.07. The average Bonchev–Trinajstić information content (AvgIpc) is 1.37. The van der Waals surface area contributed by atoms with E-state index in [-0.39, 0.29) is 34.0 Å². The number of nitrogens with one attached hydrogen (secondary N) is 2. The fourth-order valence-corrected chi connectivity index (χ4v) is 14.0. The van der Waals surface area contributed by atoms with Crippen molar-refractivity contribution in [2.45, 2.75) is 54.3 Å². The van der Waals surface area contributed by atoms with Crippen molar-refractivity contribution in [1.29, 1.82) is 5.26 Å². The van der Waals surface area contributed by atoms with Crippen LogP contribution >= 0.6 is 0 Å². The van der Waals surface area contributed by atoms with Gasteiger partial charge in [-0.2, -0.15) is 5.26 Å². The summed E-state index contributed by atoms with van der Waals surface area (Å²) in [4.78, 5) is 54.9. The number of nitrogens with zero attached hydrogens (tertiary/aromatic N) is 9. The second-order valence-corrected chi connectivity index (χ2v) is 24.5. The van der Waals surface area contributed by atoms with E-state index in [2.05, 4.69) is 53.5 Å². The van der Waals surface area contributed by atoms with Crippen LogP contribution in [0.4, 0.5) is 20.4 Å². The normalized spacial score (nSPS) is 19.5. The number of methoxy groups -OCH3 is 4. The summed E-state index contributed by atoms with van der Waals surface area (Å²) in [5.74, 6) is -3.27. The maximum Gasteiger partial charge on any atom is 0.256 e. The van der Waals surface area contributed by atoms with Gasteiger partial charge in [-0.1, -0.05) is 146 Å². The van der Waals surface area contributed by atoms with Gasteiger partial charge in [0.15, 0.2) is 58.8 Å². The standard InChI is InChI=1S/C79H68F2N11O10/c1-48(42-82)62(68-69(65(81)77(101-68)92-47-88-67-71(84-45-86-73(67)92)90-75(94)50-20-12-7-13-21-50)102-79(52-24-16-9-17-25-52,55-30-38-59(97-4)39-31-55)56-32-40-60(98-5)41-33-56)63-61(100-76(64(63)80)91-46-87-66-70(83-44-85-72(66)91)89-74(93)49-18-10-6-11-19-49)43-99-78(51-22-14-8-15-23-51,53-26-34-57(95-2)35-27-53)54-28-36-58(96-3)37-29-54/h6-41,44-48,61-65,68-69,76-77H,1,43H2,2-5H3,(H,83,85,89,93)(H,84,86,90,94)/t48?,61-,62?,63-,64+,65+,68+,69-,76+,77+/m0/s1. The number of carbonyl (C=O) groups is 2. The zero-order valence-electron chi connectivity index (χ0n) is 55.6. The van der Waals surface area contributed by atoms with Crippen LogP contribution in [0.3, 0.4) is 0 Å². The summed E-state index contributed by atoms with van der Waals surface area (Å²) in [5.41, 5.74) is 1.19. The van der Waals surface area contributed by atoms with Crippen molar-refractivity contribution < 1.29 is 56.3 Å². The maximum absolute atomic E-state index is 19.8. The van der Waals surface area contributed by atoms with E-state index < -0.39 is 90.5 Å². The molecular formula is C79H68F2N11O10. The average molecular weight is 1370 g/mol. The molecule has 2 N–H and O–H groups in total. The molecule has 12 aromatic rings. The minimum atomic E-state index is -2.24.